The van der Waals surface area contributed by atoms with Crippen molar-refractivity contribution in [1.29, 1.82) is 0 Å². The molecule has 0 saturated heterocycles. The summed E-state index contributed by atoms with van der Waals surface area (Å²) in [5.74, 6) is 0.159. The van der Waals surface area contributed by atoms with Gasteiger partial charge in [0.05, 0.1) is 7.11 Å². The Morgan fingerprint density at radius 1 is 1.17 bits per heavy atom. The van der Waals surface area contributed by atoms with Crippen LogP contribution in [0, 0.1) is 0 Å². The van der Waals surface area contributed by atoms with E-state index in [1.54, 1.807) is 19.3 Å². The highest BCUT2D eigenvalue weighted by atomic mass is 16.6. The van der Waals surface area contributed by atoms with Crippen LogP contribution in [0.15, 0.2) is 30.9 Å². The molecule has 1 aromatic rings. The van der Waals surface area contributed by atoms with Crippen LogP contribution in [0.1, 0.15) is 19.4 Å². The van der Waals surface area contributed by atoms with E-state index in [-0.39, 0.29) is 13.2 Å². The number of carbonyl (C=O) groups excluding carboxylic acids is 2. The van der Waals surface area contributed by atoms with Crippen LogP contribution in [-0.4, -0.2) is 38.4 Å². The van der Waals surface area contributed by atoms with Gasteiger partial charge in [-0.2, -0.15) is 0 Å². The Balaban J connectivity index is 2.73. The molecule has 1 unspecified atom stereocenters. The third-order valence-corrected chi connectivity index (χ3v) is 2.84. The lowest BCUT2D eigenvalue weighted by Gasteiger charge is -2.18. The molecule has 0 amide bonds. The Hall–Kier alpha value is -2.50. The van der Waals surface area contributed by atoms with E-state index in [4.69, 9.17) is 18.9 Å². The van der Waals surface area contributed by atoms with Crippen molar-refractivity contribution in [2.75, 3.05) is 20.3 Å². The number of rotatable bonds is 9. The Morgan fingerprint density at radius 2 is 1.91 bits per heavy atom. The van der Waals surface area contributed by atoms with Gasteiger partial charge in [-0.25, -0.2) is 0 Å². The van der Waals surface area contributed by atoms with E-state index < -0.39 is 18.0 Å². The topological polar surface area (TPSA) is 71.1 Å². The predicted octanol–water partition coefficient (Wildman–Crippen LogP) is 2.30. The first-order valence-corrected chi connectivity index (χ1v) is 7.17. The van der Waals surface area contributed by atoms with Gasteiger partial charge in [-0.1, -0.05) is 12.1 Å². The highest BCUT2D eigenvalue weighted by molar-refractivity contribution is 5.67. The minimum absolute atomic E-state index is 0.0457. The van der Waals surface area contributed by atoms with Crippen molar-refractivity contribution < 1.29 is 28.5 Å². The molecule has 23 heavy (non-hydrogen) atoms. The molecule has 1 rings (SSSR count). The molecule has 0 aliphatic rings. The van der Waals surface area contributed by atoms with E-state index in [2.05, 4.69) is 6.58 Å². The first-order chi connectivity index (χ1) is 11.0. The monoisotopic (exact) mass is 322 g/mol. The number of allylic oxidation sites excluding steroid dienone is 1. The van der Waals surface area contributed by atoms with Crippen LogP contribution >= 0.6 is 0 Å². The second-order valence-electron chi connectivity index (χ2n) is 4.82. The first-order valence-electron chi connectivity index (χ1n) is 7.17. The fraction of sp³-hybridized carbons (Fsp3) is 0.412. The molecule has 0 N–H and O–H groups in total. The Labute approximate surface area is 136 Å². The van der Waals surface area contributed by atoms with E-state index in [0.717, 1.165) is 12.0 Å². The van der Waals surface area contributed by atoms with Crippen LogP contribution < -0.4 is 9.47 Å². The zero-order valence-electron chi connectivity index (χ0n) is 13.7. The second-order valence-corrected chi connectivity index (χ2v) is 4.82. The van der Waals surface area contributed by atoms with E-state index in [1.165, 1.54) is 13.8 Å². The molecule has 0 aliphatic heterocycles. The van der Waals surface area contributed by atoms with Gasteiger partial charge in [-0.3, -0.25) is 9.59 Å². The normalized spacial score (nSPS) is 11.3. The molecule has 0 spiro atoms. The summed E-state index contributed by atoms with van der Waals surface area (Å²) in [6.45, 7) is 6.24. The van der Waals surface area contributed by atoms with Gasteiger partial charge in [0.15, 0.2) is 17.6 Å². The van der Waals surface area contributed by atoms with Crippen LogP contribution in [-0.2, 0) is 25.5 Å². The molecule has 0 heterocycles. The lowest BCUT2D eigenvalue weighted by Crippen LogP contribution is -2.29. The number of benzene rings is 1. The summed E-state index contributed by atoms with van der Waals surface area (Å²) in [6.07, 6.45) is 1.83. The van der Waals surface area contributed by atoms with Crippen molar-refractivity contribution >= 4 is 11.9 Å². The summed E-state index contributed by atoms with van der Waals surface area (Å²) >= 11 is 0. The minimum atomic E-state index is -0.686. The molecule has 0 saturated carbocycles. The second kappa shape index (κ2) is 9.50. The number of ether oxygens (including phenoxy) is 4. The molecule has 126 valence electrons. The van der Waals surface area contributed by atoms with Crippen molar-refractivity contribution in [3.05, 3.63) is 36.4 Å². The van der Waals surface area contributed by atoms with E-state index >= 15 is 0 Å². The summed E-state index contributed by atoms with van der Waals surface area (Å²) < 4.78 is 20.9. The Bertz CT molecular complexity index is 552. The van der Waals surface area contributed by atoms with Crippen LogP contribution in [0.3, 0.4) is 0 Å². The molecular formula is C17H22O6. The molecule has 1 aromatic carbocycles. The molecule has 0 aliphatic carbocycles. The van der Waals surface area contributed by atoms with Crippen molar-refractivity contribution in [2.45, 2.75) is 26.4 Å². The summed E-state index contributed by atoms with van der Waals surface area (Å²) in [4.78, 5) is 22.0. The maximum Gasteiger partial charge on any atom is 0.303 e. The minimum Gasteiger partial charge on any atom is -0.493 e. The smallest absolute Gasteiger partial charge is 0.303 e. The number of hydrogen-bond acceptors (Lipinski definition) is 6. The maximum absolute atomic E-state index is 11.1. The fourth-order valence-electron chi connectivity index (χ4n) is 1.87. The average Bonchev–Trinajstić information content (AvgIpc) is 2.50. The van der Waals surface area contributed by atoms with Crippen LogP contribution in [0.2, 0.25) is 0 Å². The lowest BCUT2D eigenvalue weighted by atomic mass is 10.1. The summed E-state index contributed by atoms with van der Waals surface area (Å²) in [5, 5.41) is 0. The van der Waals surface area contributed by atoms with Gasteiger partial charge in [0, 0.05) is 13.8 Å². The molecule has 0 fully saturated rings. The van der Waals surface area contributed by atoms with Gasteiger partial charge in [-0.05, 0) is 24.1 Å². The van der Waals surface area contributed by atoms with Gasteiger partial charge < -0.3 is 18.9 Å². The summed E-state index contributed by atoms with van der Waals surface area (Å²) in [7, 11) is 1.54. The lowest BCUT2D eigenvalue weighted by molar-refractivity contribution is -0.158. The SMILES string of the molecule is C=CCc1ccc(OCC(COC(C)=O)OC(C)=O)c(OC)c1. The van der Waals surface area contributed by atoms with Crippen molar-refractivity contribution in [3.63, 3.8) is 0 Å². The van der Waals surface area contributed by atoms with Crippen LogP contribution in [0.5, 0.6) is 11.5 Å². The zero-order chi connectivity index (χ0) is 17.2. The average molecular weight is 322 g/mol. The highest BCUT2D eigenvalue weighted by Crippen LogP contribution is 2.28. The molecule has 0 aromatic heterocycles. The van der Waals surface area contributed by atoms with Crippen molar-refractivity contribution in [3.8, 4) is 11.5 Å². The molecule has 6 heteroatoms. The Morgan fingerprint density at radius 3 is 2.48 bits per heavy atom. The van der Waals surface area contributed by atoms with Crippen LogP contribution in [0.25, 0.3) is 0 Å². The van der Waals surface area contributed by atoms with Gasteiger partial charge >= 0.3 is 11.9 Å². The zero-order valence-corrected chi connectivity index (χ0v) is 13.7. The highest BCUT2D eigenvalue weighted by Gasteiger charge is 2.16. The standard InChI is InChI=1S/C17H22O6/c1-5-6-14-7-8-16(17(9-14)20-4)22-11-15(23-13(3)19)10-21-12(2)18/h5,7-9,15H,1,6,10-11H2,2-4H3. The molecular weight excluding hydrogens is 300 g/mol. The van der Waals surface area contributed by atoms with Gasteiger partial charge in [0.2, 0.25) is 0 Å². The van der Waals surface area contributed by atoms with E-state index in [0.29, 0.717) is 11.5 Å². The molecule has 0 bridgehead atoms. The predicted molar refractivity (Wildman–Crippen MR) is 84.6 cm³/mol. The number of hydrogen-bond donors (Lipinski definition) is 0. The molecule has 0 radical (unpaired) electrons. The number of esters is 2. The number of methoxy groups -OCH3 is 1. The molecule has 6 nitrogen and oxygen atoms in total. The Kier molecular flexibility index (Phi) is 7.66. The van der Waals surface area contributed by atoms with E-state index in [9.17, 15) is 9.59 Å². The van der Waals surface area contributed by atoms with Crippen LogP contribution in [0.4, 0.5) is 0 Å². The number of carbonyl (C=O) groups is 2. The summed E-state index contributed by atoms with van der Waals surface area (Å²) in [6, 6.07) is 5.52. The third-order valence-electron chi connectivity index (χ3n) is 2.84. The first kappa shape index (κ1) is 18.5. The fourth-order valence-corrected chi connectivity index (χ4v) is 1.87. The van der Waals surface area contributed by atoms with Gasteiger partial charge in [0.25, 0.3) is 0 Å². The van der Waals surface area contributed by atoms with E-state index in [1.807, 2.05) is 12.1 Å². The molecule has 1 atom stereocenters. The largest absolute Gasteiger partial charge is 0.493 e. The summed E-state index contributed by atoms with van der Waals surface area (Å²) in [5.41, 5.74) is 1.04. The van der Waals surface area contributed by atoms with Crippen molar-refractivity contribution in [1.82, 2.24) is 0 Å². The third kappa shape index (κ3) is 6.86. The van der Waals surface area contributed by atoms with Gasteiger partial charge in [0.1, 0.15) is 13.2 Å². The van der Waals surface area contributed by atoms with Gasteiger partial charge in [-0.15, -0.1) is 6.58 Å². The van der Waals surface area contributed by atoms with Crippen molar-refractivity contribution in [2.24, 2.45) is 0 Å². The maximum atomic E-state index is 11.1. The quantitative estimate of drug-likeness (QED) is 0.513.